The average Bonchev–Trinajstić information content (AvgIpc) is 3.06. The molecular formula is C41H76N2O2. The second-order valence-corrected chi connectivity index (χ2v) is 13.7. The second-order valence-electron chi connectivity index (χ2n) is 13.7. The lowest BCUT2D eigenvalue weighted by molar-refractivity contribution is -0.133. The van der Waals surface area contributed by atoms with E-state index in [1.54, 1.807) is 0 Å². The van der Waals surface area contributed by atoms with E-state index in [2.05, 4.69) is 18.7 Å². The molecule has 0 aromatic heterocycles. The van der Waals surface area contributed by atoms with Crippen LogP contribution in [0, 0.1) is 0 Å². The van der Waals surface area contributed by atoms with E-state index in [1.165, 1.54) is 167 Å². The number of nitrogens with two attached hydrogens (primary N) is 1. The van der Waals surface area contributed by atoms with Crippen LogP contribution in [0.1, 0.15) is 199 Å². The molecule has 262 valence electrons. The maximum absolute atomic E-state index is 13.2. The Kier molecular flexibility index (Phi) is 29.9. The molecule has 0 fully saturated rings. The van der Waals surface area contributed by atoms with Gasteiger partial charge in [0, 0.05) is 19.6 Å². The fourth-order valence-electron chi connectivity index (χ4n) is 6.31. The first-order valence-electron chi connectivity index (χ1n) is 19.9. The molecule has 1 rings (SSSR count). The number of rotatable bonds is 34. The number of ether oxygens (including phenoxy) is 1. The zero-order valence-electron chi connectivity index (χ0n) is 30.3. The molecule has 0 radical (unpaired) electrons. The van der Waals surface area contributed by atoms with Gasteiger partial charge >= 0.3 is 0 Å². The zero-order chi connectivity index (χ0) is 32.5. The Bertz CT molecular complexity index is 718. The third kappa shape index (κ3) is 26.2. The van der Waals surface area contributed by atoms with Crippen molar-refractivity contribution >= 4 is 5.91 Å². The molecular weight excluding hydrogens is 552 g/mol. The molecule has 0 heterocycles. The summed E-state index contributed by atoms with van der Waals surface area (Å²) in [4.78, 5) is 15.2. The minimum atomic E-state index is 0.124. The molecule has 1 amide bonds. The van der Waals surface area contributed by atoms with Gasteiger partial charge in [0.15, 0.2) is 6.61 Å². The van der Waals surface area contributed by atoms with E-state index in [-0.39, 0.29) is 12.5 Å². The minimum Gasteiger partial charge on any atom is -0.484 e. The van der Waals surface area contributed by atoms with E-state index in [1.807, 2.05) is 24.3 Å². The number of hydrogen-bond donors (Lipinski definition) is 1. The van der Waals surface area contributed by atoms with Crippen molar-refractivity contribution in [1.29, 1.82) is 0 Å². The third-order valence-electron chi connectivity index (χ3n) is 9.44. The van der Waals surface area contributed by atoms with Crippen LogP contribution in [0.15, 0.2) is 24.3 Å². The monoisotopic (exact) mass is 629 g/mol. The first kappa shape index (κ1) is 41.5. The van der Waals surface area contributed by atoms with E-state index in [4.69, 9.17) is 10.5 Å². The van der Waals surface area contributed by atoms with E-state index < -0.39 is 0 Å². The van der Waals surface area contributed by atoms with Gasteiger partial charge in [0.25, 0.3) is 5.91 Å². The van der Waals surface area contributed by atoms with Crippen LogP contribution in [0.2, 0.25) is 0 Å². The number of carbonyl (C=O) groups excluding carboxylic acids is 1. The maximum atomic E-state index is 13.2. The Labute approximate surface area is 281 Å². The summed E-state index contributed by atoms with van der Waals surface area (Å²) in [6.45, 7) is 6.95. The van der Waals surface area contributed by atoms with Gasteiger partial charge in [-0.05, 0) is 30.5 Å². The molecule has 2 N–H and O–H groups in total. The summed E-state index contributed by atoms with van der Waals surface area (Å²) >= 11 is 0. The lowest BCUT2D eigenvalue weighted by Crippen LogP contribution is -2.36. The Morgan fingerprint density at radius 1 is 0.511 bits per heavy atom. The van der Waals surface area contributed by atoms with Gasteiger partial charge in [-0.15, -0.1) is 0 Å². The molecule has 0 bridgehead atoms. The number of carbonyl (C=O) groups is 1. The maximum Gasteiger partial charge on any atom is 0.260 e. The molecule has 0 spiro atoms. The summed E-state index contributed by atoms with van der Waals surface area (Å²) in [5, 5.41) is 0. The van der Waals surface area contributed by atoms with Crippen molar-refractivity contribution in [2.45, 2.75) is 200 Å². The van der Waals surface area contributed by atoms with Crippen LogP contribution in [0.3, 0.4) is 0 Å². The van der Waals surface area contributed by atoms with Crippen LogP contribution in [0.4, 0.5) is 0 Å². The van der Waals surface area contributed by atoms with Crippen molar-refractivity contribution in [2.24, 2.45) is 5.73 Å². The van der Waals surface area contributed by atoms with Gasteiger partial charge in [-0.2, -0.15) is 0 Å². The van der Waals surface area contributed by atoms with Crippen LogP contribution in [0.5, 0.6) is 5.75 Å². The quantitative estimate of drug-likeness (QED) is 0.0772. The largest absolute Gasteiger partial charge is 0.484 e. The van der Waals surface area contributed by atoms with Crippen LogP contribution >= 0.6 is 0 Å². The lowest BCUT2D eigenvalue weighted by Gasteiger charge is -2.23. The first-order valence-corrected chi connectivity index (χ1v) is 19.9. The molecule has 0 atom stereocenters. The molecule has 4 heteroatoms. The summed E-state index contributed by atoms with van der Waals surface area (Å²) in [5.41, 5.74) is 6.79. The lowest BCUT2D eigenvalue weighted by atomic mass is 10.0. The Morgan fingerprint density at radius 2 is 0.822 bits per heavy atom. The van der Waals surface area contributed by atoms with Gasteiger partial charge < -0.3 is 15.4 Å². The summed E-state index contributed by atoms with van der Waals surface area (Å²) in [7, 11) is 0. The van der Waals surface area contributed by atoms with Crippen molar-refractivity contribution in [2.75, 3.05) is 19.7 Å². The van der Waals surface area contributed by atoms with E-state index in [0.29, 0.717) is 6.54 Å². The molecule has 0 saturated heterocycles. The SMILES string of the molecule is CCCCCCCCCCCCCCCCN(CCCCCCCCCCCCCCCC)C(=O)COc1ccc(CN)cc1. The smallest absolute Gasteiger partial charge is 0.260 e. The van der Waals surface area contributed by atoms with Gasteiger partial charge in [-0.25, -0.2) is 0 Å². The van der Waals surface area contributed by atoms with Crippen molar-refractivity contribution in [3.05, 3.63) is 29.8 Å². The topological polar surface area (TPSA) is 55.6 Å². The van der Waals surface area contributed by atoms with Crippen LogP contribution in [-0.4, -0.2) is 30.5 Å². The van der Waals surface area contributed by atoms with Crippen LogP contribution < -0.4 is 10.5 Å². The van der Waals surface area contributed by atoms with Crippen LogP contribution in [-0.2, 0) is 11.3 Å². The van der Waals surface area contributed by atoms with E-state index in [9.17, 15) is 4.79 Å². The zero-order valence-corrected chi connectivity index (χ0v) is 30.3. The van der Waals surface area contributed by atoms with Crippen molar-refractivity contribution in [3.8, 4) is 5.75 Å². The Balaban J connectivity index is 2.20. The first-order chi connectivity index (χ1) is 22.2. The van der Waals surface area contributed by atoms with Gasteiger partial charge in [0.2, 0.25) is 0 Å². The van der Waals surface area contributed by atoms with Crippen molar-refractivity contribution < 1.29 is 9.53 Å². The highest BCUT2D eigenvalue weighted by Crippen LogP contribution is 2.16. The number of benzene rings is 1. The number of nitrogens with zero attached hydrogens (tertiary/aromatic N) is 1. The molecule has 1 aromatic rings. The summed E-state index contributed by atoms with van der Waals surface area (Å²) in [6, 6.07) is 7.78. The minimum absolute atomic E-state index is 0.124. The van der Waals surface area contributed by atoms with Crippen LogP contribution in [0.25, 0.3) is 0 Å². The summed E-state index contributed by atoms with van der Waals surface area (Å²) < 4.78 is 5.86. The molecule has 0 unspecified atom stereocenters. The molecule has 0 saturated carbocycles. The predicted octanol–water partition coefficient (Wildman–Crippen LogP) is 12.3. The highest BCUT2D eigenvalue weighted by Gasteiger charge is 2.14. The fraction of sp³-hybridized carbons (Fsp3) is 0.829. The highest BCUT2D eigenvalue weighted by atomic mass is 16.5. The number of amides is 1. The third-order valence-corrected chi connectivity index (χ3v) is 9.44. The van der Waals surface area contributed by atoms with E-state index >= 15 is 0 Å². The number of hydrogen-bond acceptors (Lipinski definition) is 3. The van der Waals surface area contributed by atoms with Gasteiger partial charge in [0.1, 0.15) is 5.75 Å². The molecule has 4 nitrogen and oxygen atoms in total. The van der Waals surface area contributed by atoms with Gasteiger partial charge in [0.05, 0.1) is 0 Å². The van der Waals surface area contributed by atoms with E-state index in [0.717, 1.165) is 37.2 Å². The molecule has 0 aliphatic rings. The predicted molar refractivity (Wildman–Crippen MR) is 197 cm³/mol. The van der Waals surface area contributed by atoms with Crippen molar-refractivity contribution in [3.63, 3.8) is 0 Å². The summed E-state index contributed by atoms with van der Waals surface area (Å²) in [6.07, 6.45) is 38.0. The molecule has 1 aromatic carbocycles. The Hall–Kier alpha value is -1.55. The van der Waals surface area contributed by atoms with Gasteiger partial charge in [-0.3, -0.25) is 4.79 Å². The molecule has 0 aliphatic carbocycles. The standard InChI is InChI=1S/C41H76N2O2/c1-3-5-7-9-11-13-15-17-19-21-23-25-27-29-35-43(41(44)38-45-40-33-31-39(37-42)32-34-40)36-30-28-26-24-22-20-18-16-14-12-10-8-6-4-2/h31-34H,3-30,35-38,42H2,1-2H3. The Morgan fingerprint density at radius 3 is 1.13 bits per heavy atom. The molecule has 45 heavy (non-hydrogen) atoms. The number of unbranched alkanes of at least 4 members (excludes halogenated alkanes) is 26. The normalized spacial score (nSPS) is 11.3. The molecule has 0 aliphatic heterocycles. The highest BCUT2D eigenvalue weighted by molar-refractivity contribution is 5.77. The van der Waals surface area contributed by atoms with Gasteiger partial charge in [-0.1, -0.05) is 193 Å². The second kappa shape index (κ2) is 32.4. The van der Waals surface area contributed by atoms with Crippen molar-refractivity contribution in [1.82, 2.24) is 4.90 Å². The summed E-state index contributed by atoms with van der Waals surface area (Å²) in [5.74, 6) is 0.871. The average molecular weight is 629 g/mol. The fourth-order valence-corrected chi connectivity index (χ4v) is 6.31.